The first-order valence-corrected chi connectivity index (χ1v) is 8.48. The van der Waals surface area contributed by atoms with E-state index >= 15 is 0 Å². The SMILES string of the molecule is CNc1ccc([N+](=O)[O-])cc1C(=O)OCc1cc(=O)oc2c(C)c(C)ccc12. The third-order valence-electron chi connectivity index (χ3n) is 4.58. The number of hydrogen-bond acceptors (Lipinski definition) is 7. The van der Waals surface area contributed by atoms with E-state index in [4.69, 9.17) is 9.15 Å². The van der Waals surface area contributed by atoms with E-state index in [1.807, 2.05) is 19.9 Å². The van der Waals surface area contributed by atoms with Gasteiger partial charge in [-0.1, -0.05) is 12.1 Å². The van der Waals surface area contributed by atoms with Gasteiger partial charge < -0.3 is 14.5 Å². The minimum atomic E-state index is -0.738. The lowest BCUT2D eigenvalue weighted by molar-refractivity contribution is -0.384. The molecule has 0 aliphatic heterocycles. The number of fused-ring (bicyclic) bond motifs is 1. The van der Waals surface area contributed by atoms with Crippen LogP contribution < -0.4 is 10.9 Å². The molecule has 1 N–H and O–H groups in total. The molecule has 0 saturated heterocycles. The first-order valence-electron chi connectivity index (χ1n) is 8.48. The van der Waals surface area contributed by atoms with Crippen LogP contribution in [-0.2, 0) is 11.3 Å². The van der Waals surface area contributed by atoms with Crippen molar-refractivity contribution in [2.45, 2.75) is 20.5 Å². The van der Waals surface area contributed by atoms with Crippen LogP contribution in [0, 0.1) is 24.0 Å². The second kappa shape index (κ2) is 7.51. The van der Waals surface area contributed by atoms with Crippen LogP contribution in [-0.4, -0.2) is 17.9 Å². The summed E-state index contributed by atoms with van der Waals surface area (Å²) in [6.45, 7) is 3.58. The lowest BCUT2D eigenvalue weighted by Crippen LogP contribution is -2.10. The van der Waals surface area contributed by atoms with Crippen LogP contribution in [0.4, 0.5) is 11.4 Å². The fourth-order valence-corrected chi connectivity index (χ4v) is 2.90. The molecule has 0 saturated carbocycles. The minimum absolute atomic E-state index is 0.0380. The van der Waals surface area contributed by atoms with Gasteiger partial charge in [-0.3, -0.25) is 10.1 Å². The van der Waals surface area contributed by atoms with Gasteiger partial charge in [0, 0.05) is 41.9 Å². The van der Waals surface area contributed by atoms with Crippen LogP contribution in [0.15, 0.2) is 45.6 Å². The van der Waals surface area contributed by atoms with Crippen LogP contribution in [0.25, 0.3) is 11.0 Å². The summed E-state index contributed by atoms with van der Waals surface area (Å²) < 4.78 is 10.6. The van der Waals surface area contributed by atoms with Crippen molar-refractivity contribution in [2.75, 3.05) is 12.4 Å². The first-order chi connectivity index (χ1) is 13.3. The van der Waals surface area contributed by atoms with E-state index in [1.54, 1.807) is 13.1 Å². The Bertz CT molecular complexity index is 1150. The number of carbonyl (C=O) groups is 1. The van der Waals surface area contributed by atoms with Crippen LogP contribution in [0.2, 0.25) is 0 Å². The fraction of sp³-hybridized carbons (Fsp3) is 0.200. The molecule has 0 radical (unpaired) electrons. The molecular weight excluding hydrogens is 364 g/mol. The van der Waals surface area contributed by atoms with E-state index in [-0.39, 0.29) is 17.9 Å². The van der Waals surface area contributed by atoms with E-state index in [0.29, 0.717) is 22.2 Å². The molecule has 2 aromatic carbocycles. The zero-order valence-corrected chi connectivity index (χ0v) is 15.6. The lowest BCUT2D eigenvalue weighted by atomic mass is 10.0. The quantitative estimate of drug-likeness (QED) is 0.310. The molecular formula is C20H18N2O6. The second-order valence-corrected chi connectivity index (χ2v) is 6.29. The molecule has 0 spiro atoms. The number of carbonyl (C=O) groups excluding carboxylic acids is 1. The van der Waals surface area contributed by atoms with Gasteiger partial charge in [-0.05, 0) is 31.0 Å². The molecule has 8 nitrogen and oxygen atoms in total. The van der Waals surface area contributed by atoms with Gasteiger partial charge in [0.25, 0.3) is 5.69 Å². The molecule has 0 aliphatic carbocycles. The van der Waals surface area contributed by atoms with Gasteiger partial charge in [-0.25, -0.2) is 9.59 Å². The number of nitro benzene ring substituents is 1. The van der Waals surface area contributed by atoms with Gasteiger partial charge in [-0.2, -0.15) is 0 Å². The number of aryl methyl sites for hydroxylation is 2. The second-order valence-electron chi connectivity index (χ2n) is 6.29. The van der Waals surface area contributed by atoms with Crippen molar-refractivity contribution >= 4 is 28.3 Å². The first kappa shape index (κ1) is 19.1. The largest absolute Gasteiger partial charge is 0.457 e. The van der Waals surface area contributed by atoms with E-state index < -0.39 is 16.5 Å². The smallest absolute Gasteiger partial charge is 0.340 e. The molecule has 0 unspecified atom stereocenters. The van der Waals surface area contributed by atoms with E-state index in [0.717, 1.165) is 17.2 Å². The summed E-state index contributed by atoms with van der Waals surface area (Å²) in [4.78, 5) is 34.8. The number of anilines is 1. The highest BCUT2D eigenvalue weighted by Crippen LogP contribution is 2.26. The van der Waals surface area contributed by atoms with Crippen molar-refractivity contribution in [1.29, 1.82) is 0 Å². The predicted molar refractivity (Wildman–Crippen MR) is 104 cm³/mol. The average molecular weight is 382 g/mol. The average Bonchev–Trinajstić information content (AvgIpc) is 2.68. The molecule has 0 bridgehead atoms. The topological polar surface area (TPSA) is 112 Å². The molecule has 3 aromatic rings. The Morgan fingerprint density at radius 2 is 1.96 bits per heavy atom. The number of hydrogen-bond donors (Lipinski definition) is 1. The summed E-state index contributed by atoms with van der Waals surface area (Å²) in [6.07, 6.45) is 0. The molecule has 3 rings (SSSR count). The summed E-state index contributed by atoms with van der Waals surface area (Å²) in [6, 6.07) is 8.85. The number of nitrogens with one attached hydrogen (secondary N) is 1. The standard InChI is InChI=1S/C20H18N2O6/c1-11-4-6-15-13(8-18(23)28-19(15)12(11)2)10-27-20(24)16-9-14(22(25)26)5-7-17(16)21-3/h4-9,21H,10H2,1-3H3. The summed E-state index contributed by atoms with van der Waals surface area (Å²) in [5.41, 5.74) is 2.43. The zero-order valence-electron chi connectivity index (χ0n) is 15.6. The number of ether oxygens (including phenoxy) is 1. The van der Waals surface area contributed by atoms with Crippen molar-refractivity contribution < 1.29 is 18.9 Å². The van der Waals surface area contributed by atoms with Gasteiger partial charge in [-0.15, -0.1) is 0 Å². The predicted octanol–water partition coefficient (Wildman–Crippen LogP) is 3.72. The number of esters is 1. The Labute approximate surface area is 159 Å². The van der Waals surface area contributed by atoms with Crippen LogP contribution >= 0.6 is 0 Å². The number of non-ortho nitro benzene ring substituents is 1. The molecule has 1 heterocycles. The molecule has 0 fully saturated rings. The molecule has 1 aromatic heterocycles. The van der Waals surface area contributed by atoms with E-state index in [9.17, 15) is 19.7 Å². The van der Waals surface area contributed by atoms with Crippen molar-refractivity contribution in [3.8, 4) is 0 Å². The Morgan fingerprint density at radius 3 is 2.64 bits per heavy atom. The van der Waals surface area contributed by atoms with Crippen LogP contribution in [0.3, 0.4) is 0 Å². The number of rotatable bonds is 5. The lowest BCUT2D eigenvalue weighted by Gasteiger charge is -2.11. The van der Waals surface area contributed by atoms with Crippen molar-refractivity contribution in [1.82, 2.24) is 0 Å². The summed E-state index contributed by atoms with van der Waals surface area (Å²) >= 11 is 0. The third-order valence-corrected chi connectivity index (χ3v) is 4.58. The molecule has 0 aliphatic rings. The third kappa shape index (κ3) is 3.57. The Hall–Kier alpha value is -3.68. The highest BCUT2D eigenvalue weighted by Gasteiger charge is 2.18. The van der Waals surface area contributed by atoms with E-state index in [1.165, 1.54) is 18.2 Å². The zero-order chi connectivity index (χ0) is 20.4. The molecule has 8 heteroatoms. The molecule has 0 amide bonds. The van der Waals surface area contributed by atoms with Crippen molar-refractivity contribution in [3.63, 3.8) is 0 Å². The van der Waals surface area contributed by atoms with Gasteiger partial charge >= 0.3 is 11.6 Å². The molecule has 0 atom stereocenters. The minimum Gasteiger partial charge on any atom is -0.457 e. The van der Waals surface area contributed by atoms with Crippen LogP contribution in [0.5, 0.6) is 0 Å². The van der Waals surface area contributed by atoms with Crippen LogP contribution in [0.1, 0.15) is 27.0 Å². The number of nitro groups is 1. The fourth-order valence-electron chi connectivity index (χ4n) is 2.90. The van der Waals surface area contributed by atoms with Gasteiger partial charge in [0.15, 0.2) is 0 Å². The van der Waals surface area contributed by atoms with Crippen molar-refractivity contribution in [2.24, 2.45) is 0 Å². The Balaban J connectivity index is 1.94. The number of benzene rings is 2. The summed E-state index contributed by atoms with van der Waals surface area (Å²) in [5, 5.41) is 14.5. The summed E-state index contributed by atoms with van der Waals surface area (Å²) in [5.74, 6) is -0.738. The normalized spacial score (nSPS) is 10.7. The van der Waals surface area contributed by atoms with Gasteiger partial charge in [0.1, 0.15) is 12.2 Å². The molecule has 28 heavy (non-hydrogen) atoms. The monoisotopic (exact) mass is 382 g/mol. The summed E-state index contributed by atoms with van der Waals surface area (Å²) in [7, 11) is 1.60. The Kier molecular flexibility index (Phi) is 5.12. The van der Waals surface area contributed by atoms with Crippen molar-refractivity contribution in [3.05, 3.63) is 79.2 Å². The maximum Gasteiger partial charge on any atom is 0.340 e. The molecule has 144 valence electrons. The highest BCUT2D eigenvalue weighted by atomic mass is 16.6. The van der Waals surface area contributed by atoms with E-state index in [2.05, 4.69) is 5.32 Å². The highest BCUT2D eigenvalue weighted by molar-refractivity contribution is 5.96. The van der Waals surface area contributed by atoms with Gasteiger partial charge in [0.05, 0.1) is 10.5 Å². The maximum absolute atomic E-state index is 12.5. The number of nitrogens with zero attached hydrogens (tertiary/aromatic N) is 1. The van der Waals surface area contributed by atoms with Gasteiger partial charge in [0.2, 0.25) is 0 Å². The maximum atomic E-state index is 12.5. The Morgan fingerprint density at radius 1 is 1.21 bits per heavy atom.